The average molecular weight is 357 g/mol. The second-order valence-corrected chi connectivity index (χ2v) is 7.55. The zero-order valence-electron chi connectivity index (χ0n) is 15.9. The van der Waals surface area contributed by atoms with Gasteiger partial charge in [0.25, 0.3) is 0 Å². The lowest BCUT2D eigenvalue weighted by atomic mass is 9.81. The van der Waals surface area contributed by atoms with E-state index in [1.165, 1.54) is 16.5 Å². The molecule has 0 saturated carbocycles. The zero-order chi connectivity index (χ0) is 18.5. The Bertz CT molecular complexity index is 727. The lowest BCUT2D eigenvalue weighted by Crippen LogP contribution is -2.42. The summed E-state index contributed by atoms with van der Waals surface area (Å²) in [6, 6.07) is 8.45. The molecule has 2 heterocycles. The Labute approximate surface area is 156 Å². The maximum atomic E-state index is 12.3. The van der Waals surface area contributed by atoms with E-state index >= 15 is 0 Å². The molecule has 26 heavy (non-hydrogen) atoms. The SMILES string of the molecule is CC[C@H]1CN(Cc2c[nH]c3ccccc23)CC[C@H]1CC(=O)N(C)CCO. The highest BCUT2D eigenvalue weighted by Gasteiger charge is 2.30. The van der Waals surface area contributed by atoms with Gasteiger partial charge in [-0.05, 0) is 36.4 Å². The molecule has 0 spiro atoms. The van der Waals surface area contributed by atoms with Crippen LogP contribution in [0.3, 0.4) is 0 Å². The third kappa shape index (κ3) is 4.27. The molecule has 0 radical (unpaired) electrons. The summed E-state index contributed by atoms with van der Waals surface area (Å²) in [6.07, 6.45) is 4.91. The van der Waals surface area contributed by atoms with Crippen LogP contribution in [-0.4, -0.2) is 59.1 Å². The minimum Gasteiger partial charge on any atom is -0.395 e. The predicted octanol–water partition coefficient (Wildman–Crippen LogP) is 2.86. The number of carbonyl (C=O) groups excluding carboxylic acids is 1. The topological polar surface area (TPSA) is 59.6 Å². The predicted molar refractivity (Wildman–Crippen MR) is 105 cm³/mol. The van der Waals surface area contributed by atoms with Gasteiger partial charge in [-0.15, -0.1) is 0 Å². The quantitative estimate of drug-likeness (QED) is 0.801. The second kappa shape index (κ2) is 8.69. The van der Waals surface area contributed by atoms with E-state index in [-0.39, 0.29) is 12.5 Å². The van der Waals surface area contributed by atoms with E-state index in [1.54, 1.807) is 11.9 Å². The molecule has 0 aliphatic carbocycles. The largest absolute Gasteiger partial charge is 0.395 e. The van der Waals surface area contributed by atoms with Crippen molar-refractivity contribution in [2.45, 2.75) is 32.7 Å². The van der Waals surface area contributed by atoms with Gasteiger partial charge >= 0.3 is 0 Å². The number of aliphatic hydroxyl groups is 1. The van der Waals surface area contributed by atoms with Crippen LogP contribution in [0.15, 0.2) is 30.5 Å². The molecule has 1 aliphatic rings. The van der Waals surface area contributed by atoms with Crippen molar-refractivity contribution in [2.75, 3.05) is 33.3 Å². The van der Waals surface area contributed by atoms with Gasteiger partial charge in [0.1, 0.15) is 0 Å². The number of piperidine rings is 1. The van der Waals surface area contributed by atoms with Crippen molar-refractivity contribution in [3.05, 3.63) is 36.0 Å². The molecule has 3 rings (SSSR count). The number of hydrogen-bond donors (Lipinski definition) is 2. The molecule has 1 aromatic carbocycles. The number of fused-ring (bicyclic) bond motifs is 1. The normalized spacial score (nSPS) is 21.2. The number of carbonyl (C=O) groups is 1. The first-order chi connectivity index (χ1) is 12.6. The molecular formula is C21H31N3O2. The summed E-state index contributed by atoms with van der Waals surface area (Å²) < 4.78 is 0. The Hall–Kier alpha value is -1.85. The lowest BCUT2D eigenvalue weighted by molar-refractivity contribution is -0.132. The van der Waals surface area contributed by atoms with Crippen molar-refractivity contribution in [3.63, 3.8) is 0 Å². The summed E-state index contributed by atoms with van der Waals surface area (Å²) in [7, 11) is 1.78. The lowest BCUT2D eigenvalue weighted by Gasteiger charge is -2.38. The summed E-state index contributed by atoms with van der Waals surface area (Å²) in [5.74, 6) is 1.17. The Morgan fingerprint density at radius 1 is 1.35 bits per heavy atom. The fourth-order valence-electron chi connectivity index (χ4n) is 4.19. The van der Waals surface area contributed by atoms with Crippen molar-refractivity contribution in [3.8, 4) is 0 Å². The average Bonchev–Trinajstić information content (AvgIpc) is 3.06. The number of rotatable bonds is 7. The maximum Gasteiger partial charge on any atom is 0.222 e. The van der Waals surface area contributed by atoms with E-state index in [4.69, 9.17) is 5.11 Å². The summed E-state index contributed by atoms with van der Waals surface area (Å²) >= 11 is 0. The van der Waals surface area contributed by atoms with Crippen LogP contribution in [-0.2, 0) is 11.3 Å². The first-order valence-electron chi connectivity index (χ1n) is 9.74. The van der Waals surface area contributed by atoms with Gasteiger partial charge in [-0.1, -0.05) is 31.5 Å². The van der Waals surface area contributed by atoms with Gasteiger partial charge in [-0.2, -0.15) is 0 Å². The van der Waals surface area contributed by atoms with Crippen molar-refractivity contribution < 1.29 is 9.90 Å². The van der Waals surface area contributed by atoms with E-state index in [0.29, 0.717) is 24.8 Å². The fraction of sp³-hybridized carbons (Fsp3) is 0.571. The first kappa shape index (κ1) is 18.9. The highest BCUT2D eigenvalue weighted by Crippen LogP contribution is 2.31. The van der Waals surface area contributed by atoms with Gasteiger partial charge in [-0.25, -0.2) is 0 Å². The van der Waals surface area contributed by atoms with Crippen LogP contribution in [0.4, 0.5) is 0 Å². The molecule has 1 aromatic heterocycles. The number of aromatic amines is 1. The van der Waals surface area contributed by atoms with Gasteiger partial charge in [-0.3, -0.25) is 9.69 Å². The molecule has 1 saturated heterocycles. The molecule has 142 valence electrons. The molecule has 0 bridgehead atoms. The Morgan fingerprint density at radius 2 is 2.15 bits per heavy atom. The monoisotopic (exact) mass is 357 g/mol. The number of nitrogens with zero attached hydrogens (tertiary/aromatic N) is 2. The standard InChI is InChI=1S/C21H31N3O2/c1-3-16-14-24(9-8-17(16)12-21(26)23(2)10-11-25)15-18-13-22-20-7-5-4-6-19(18)20/h4-7,13,16-17,22,25H,3,8-12,14-15H2,1-2H3/t16-,17-/m0/s1. The van der Waals surface area contributed by atoms with Crippen molar-refractivity contribution >= 4 is 16.8 Å². The van der Waals surface area contributed by atoms with Gasteiger partial charge < -0.3 is 15.0 Å². The van der Waals surface area contributed by atoms with Gasteiger partial charge in [0.15, 0.2) is 0 Å². The molecule has 5 heteroatoms. The van der Waals surface area contributed by atoms with Crippen LogP contribution in [0.1, 0.15) is 31.7 Å². The number of H-pyrrole nitrogens is 1. The van der Waals surface area contributed by atoms with Crippen LogP contribution in [0.5, 0.6) is 0 Å². The maximum absolute atomic E-state index is 12.3. The number of aliphatic hydroxyl groups excluding tert-OH is 1. The minimum absolute atomic E-state index is 0.0303. The fourth-order valence-corrected chi connectivity index (χ4v) is 4.19. The second-order valence-electron chi connectivity index (χ2n) is 7.55. The number of likely N-dealkylation sites (N-methyl/N-ethyl adjacent to an activating group) is 1. The van der Waals surface area contributed by atoms with E-state index in [9.17, 15) is 4.79 Å². The number of likely N-dealkylation sites (tertiary alicyclic amines) is 1. The van der Waals surface area contributed by atoms with Gasteiger partial charge in [0, 0.05) is 50.2 Å². The minimum atomic E-state index is 0.0303. The molecular weight excluding hydrogens is 326 g/mol. The van der Waals surface area contributed by atoms with Crippen LogP contribution < -0.4 is 0 Å². The molecule has 1 amide bonds. The Morgan fingerprint density at radius 3 is 2.92 bits per heavy atom. The summed E-state index contributed by atoms with van der Waals surface area (Å²) in [6.45, 7) is 5.74. The number of benzene rings is 1. The van der Waals surface area contributed by atoms with E-state index in [2.05, 4.69) is 47.3 Å². The first-order valence-corrected chi connectivity index (χ1v) is 9.74. The van der Waals surface area contributed by atoms with Crippen LogP contribution in [0.2, 0.25) is 0 Å². The molecule has 2 atom stereocenters. The number of hydrogen-bond acceptors (Lipinski definition) is 3. The smallest absolute Gasteiger partial charge is 0.222 e. The summed E-state index contributed by atoms with van der Waals surface area (Å²) in [5.41, 5.74) is 2.55. The van der Waals surface area contributed by atoms with Gasteiger partial charge in [0.05, 0.1) is 6.61 Å². The van der Waals surface area contributed by atoms with Crippen molar-refractivity contribution in [1.82, 2.24) is 14.8 Å². The van der Waals surface area contributed by atoms with Crippen LogP contribution in [0, 0.1) is 11.8 Å². The highest BCUT2D eigenvalue weighted by atomic mass is 16.3. The molecule has 2 aromatic rings. The van der Waals surface area contributed by atoms with E-state index in [0.717, 1.165) is 32.5 Å². The van der Waals surface area contributed by atoms with E-state index < -0.39 is 0 Å². The Balaban J connectivity index is 1.60. The molecule has 0 unspecified atom stereocenters. The summed E-state index contributed by atoms with van der Waals surface area (Å²) in [5, 5.41) is 10.3. The number of nitrogens with one attached hydrogen (secondary N) is 1. The molecule has 1 aliphatic heterocycles. The third-order valence-electron chi connectivity index (χ3n) is 5.87. The van der Waals surface area contributed by atoms with Crippen LogP contribution >= 0.6 is 0 Å². The van der Waals surface area contributed by atoms with Crippen LogP contribution in [0.25, 0.3) is 10.9 Å². The van der Waals surface area contributed by atoms with Crippen molar-refractivity contribution in [1.29, 1.82) is 0 Å². The van der Waals surface area contributed by atoms with Crippen molar-refractivity contribution in [2.24, 2.45) is 11.8 Å². The third-order valence-corrected chi connectivity index (χ3v) is 5.87. The summed E-state index contributed by atoms with van der Waals surface area (Å²) in [4.78, 5) is 19.9. The zero-order valence-corrected chi connectivity index (χ0v) is 15.9. The van der Waals surface area contributed by atoms with Gasteiger partial charge in [0.2, 0.25) is 5.91 Å². The van der Waals surface area contributed by atoms with E-state index in [1.807, 2.05) is 0 Å². The number of aromatic nitrogens is 1. The molecule has 1 fully saturated rings. The number of para-hydroxylation sites is 1. The number of amides is 1. The Kier molecular flexibility index (Phi) is 6.33. The highest BCUT2D eigenvalue weighted by molar-refractivity contribution is 5.83. The molecule has 5 nitrogen and oxygen atoms in total. The molecule has 2 N–H and O–H groups in total.